The summed E-state index contributed by atoms with van der Waals surface area (Å²) >= 11 is 6.98. The number of halogens is 1. The fourth-order valence-corrected chi connectivity index (χ4v) is 4.17. The number of nitrogens with zero attached hydrogens (tertiary/aromatic N) is 3. The lowest BCUT2D eigenvalue weighted by atomic mass is 10.0. The monoisotopic (exact) mass is 353 g/mol. The molecule has 0 amide bonds. The van der Waals surface area contributed by atoms with Gasteiger partial charge in [-0.3, -0.25) is 4.98 Å². The zero-order chi connectivity index (χ0) is 17.6. The summed E-state index contributed by atoms with van der Waals surface area (Å²) in [6.45, 7) is 7.10. The van der Waals surface area contributed by atoms with Crippen LogP contribution in [0.3, 0.4) is 0 Å². The first-order chi connectivity index (χ1) is 12.0. The van der Waals surface area contributed by atoms with Crippen molar-refractivity contribution < 1.29 is 0 Å². The van der Waals surface area contributed by atoms with E-state index in [9.17, 15) is 0 Å². The Hall–Kier alpha value is -1.84. The lowest BCUT2D eigenvalue weighted by Gasteiger charge is -2.28. The number of hydrogen-bond donors (Lipinski definition) is 0. The van der Waals surface area contributed by atoms with Gasteiger partial charge in [-0.2, -0.15) is 0 Å². The molecule has 1 unspecified atom stereocenters. The molecule has 0 spiro atoms. The Kier molecular flexibility index (Phi) is 4.09. The molecule has 2 aromatic heterocycles. The van der Waals surface area contributed by atoms with E-state index in [4.69, 9.17) is 11.6 Å². The molecular weight excluding hydrogens is 330 g/mol. The Bertz CT molecular complexity index is 912. The maximum atomic E-state index is 6.98. The van der Waals surface area contributed by atoms with Crippen molar-refractivity contribution in [2.24, 2.45) is 0 Å². The van der Waals surface area contributed by atoms with Crippen LogP contribution in [0.15, 0.2) is 42.7 Å². The molecule has 0 bridgehead atoms. The summed E-state index contributed by atoms with van der Waals surface area (Å²) in [5, 5.41) is 1.38. The Morgan fingerprint density at radius 3 is 2.88 bits per heavy atom. The number of benzene rings is 1. The minimum atomic E-state index is -0.484. The van der Waals surface area contributed by atoms with Gasteiger partial charge in [-0.05, 0) is 50.2 Å². The van der Waals surface area contributed by atoms with Crippen LogP contribution in [0, 0.1) is 6.92 Å². The molecule has 0 radical (unpaired) electrons. The Labute approximate surface area is 154 Å². The minimum absolute atomic E-state index is 0.484. The molecular formula is C21H24ClN3. The van der Waals surface area contributed by atoms with E-state index in [0.29, 0.717) is 0 Å². The summed E-state index contributed by atoms with van der Waals surface area (Å²) < 4.78 is 2.44. The van der Waals surface area contributed by atoms with Gasteiger partial charge in [0, 0.05) is 55.0 Å². The zero-order valence-electron chi connectivity index (χ0n) is 15.1. The normalized spacial score (nSPS) is 17.4. The van der Waals surface area contributed by atoms with E-state index in [1.54, 1.807) is 6.20 Å². The topological polar surface area (TPSA) is 21.1 Å². The predicted molar refractivity (Wildman–Crippen MR) is 104 cm³/mol. The standard InChI is InChI=1S/C21H24ClN3/c1-15-6-7-19-17(11-15)18-13-24(3)10-8-20(18)25(19)14-21(2,22)16-5-4-9-23-12-16/h4-7,9,11-12H,8,10,13-14H2,1-3H3. The summed E-state index contributed by atoms with van der Waals surface area (Å²) in [6.07, 6.45) is 4.74. The molecule has 1 aliphatic heterocycles. The van der Waals surface area contributed by atoms with Gasteiger partial charge in [0.25, 0.3) is 0 Å². The van der Waals surface area contributed by atoms with E-state index in [-0.39, 0.29) is 0 Å². The van der Waals surface area contributed by atoms with Gasteiger partial charge in [-0.25, -0.2) is 0 Å². The van der Waals surface area contributed by atoms with Crippen LogP contribution < -0.4 is 0 Å². The third kappa shape index (κ3) is 2.96. The number of hydrogen-bond acceptors (Lipinski definition) is 2. The first-order valence-corrected chi connectivity index (χ1v) is 9.22. The fourth-order valence-electron chi connectivity index (χ4n) is 3.94. The fraction of sp³-hybridized carbons (Fsp3) is 0.381. The number of aryl methyl sites for hydroxylation is 1. The third-order valence-corrected chi connectivity index (χ3v) is 5.66. The van der Waals surface area contributed by atoms with Gasteiger partial charge < -0.3 is 9.47 Å². The average molecular weight is 354 g/mol. The Morgan fingerprint density at radius 1 is 1.28 bits per heavy atom. The first-order valence-electron chi connectivity index (χ1n) is 8.84. The number of likely N-dealkylation sites (N-methyl/N-ethyl adjacent to an activating group) is 1. The summed E-state index contributed by atoms with van der Waals surface area (Å²) in [5.74, 6) is 0. The summed E-state index contributed by atoms with van der Waals surface area (Å²) in [7, 11) is 2.20. The highest BCUT2D eigenvalue weighted by Crippen LogP contribution is 2.36. The second kappa shape index (κ2) is 6.15. The van der Waals surface area contributed by atoms with Gasteiger partial charge in [0.2, 0.25) is 0 Å². The number of fused-ring (bicyclic) bond motifs is 3. The highest BCUT2D eigenvalue weighted by molar-refractivity contribution is 6.23. The van der Waals surface area contributed by atoms with Crippen molar-refractivity contribution in [2.45, 2.75) is 38.2 Å². The number of aromatic nitrogens is 2. The second-order valence-corrected chi connectivity index (χ2v) is 8.29. The van der Waals surface area contributed by atoms with Gasteiger partial charge in [0.15, 0.2) is 0 Å². The summed E-state index contributed by atoms with van der Waals surface area (Å²) in [6, 6.07) is 10.8. The minimum Gasteiger partial charge on any atom is -0.342 e. The first kappa shape index (κ1) is 16.6. The van der Waals surface area contributed by atoms with Crippen LogP contribution in [0.25, 0.3) is 10.9 Å². The van der Waals surface area contributed by atoms with E-state index in [2.05, 4.69) is 59.6 Å². The highest BCUT2D eigenvalue weighted by Gasteiger charge is 2.29. The molecule has 130 valence electrons. The number of alkyl halides is 1. The molecule has 0 saturated carbocycles. The Balaban J connectivity index is 1.85. The molecule has 1 aliphatic rings. The van der Waals surface area contributed by atoms with E-state index in [1.807, 2.05) is 12.3 Å². The van der Waals surface area contributed by atoms with Crippen LogP contribution in [0.4, 0.5) is 0 Å². The molecule has 1 atom stereocenters. The maximum Gasteiger partial charge on any atom is 0.0860 e. The quantitative estimate of drug-likeness (QED) is 0.647. The van der Waals surface area contributed by atoms with Gasteiger partial charge in [0.1, 0.15) is 0 Å². The van der Waals surface area contributed by atoms with Crippen LogP contribution in [0.2, 0.25) is 0 Å². The summed E-state index contributed by atoms with van der Waals surface area (Å²) in [5.41, 5.74) is 6.57. The average Bonchev–Trinajstić information content (AvgIpc) is 2.88. The maximum absolute atomic E-state index is 6.98. The molecule has 3 nitrogen and oxygen atoms in total. The molecule has 0 aliphatic carbocycles. The van der Waals surface area contributed by atoms with Crippen LogP contribution in [0.1, 0.15) is 29.3 Å². The van der Waals surface area contributed by atoms with Crippen molar-refractivity contribution in [3.8, 4) is 0 Å². The molecule has 0 saturated heterocycles. The molecule has 4 rings (SSSR count). The van der Waals surface area contributed by atoms with Crippen molar-refractivity contribution in [1.82, 2.24) is 14.5 Å². The zero-order valence-corrected chi connectivity index (χ0v) is 15.8. The summed E-state index contributed by atoms with van der Waals surface area (Å²) in [4.78, 5) is 6.17. The van der Waals surface area contributed by atoms with Crippen molar-refractivity contribution in [3.05, 3.63) is 65.1 Å². The van der Waals surface area contributed by atoms with E-state index in [1.165, 1.54) is 27.7 Å². The molecule has 0 fully saturated rings. The van der Waals surface area contributed by atoms with Gasteiger partial charge in [-0.1, -0.05) is 17.7 Å². The van der Waals surface area contributed by atoms with Gasteiger partial charge in [0.05, 0.1) is 4.87 Å². The third-order valence-electron chi connectivity index (χ3n) is 5.32. The van der Waals surface area contributed by atoms with E-state index < -0.39 is 4.87 Å². The van der Waals surface area contributed by atoms with Crippen molar-refractivity contribution in [1.29, 1.82) is 0 Å². The van der Waals surface area contributed by atoms with Crippen LogP contribution >= 0.6 is 11.6 Å². The lowest BCUT2D eigenvalue weighted by Crippen LogP contribution is -2.29. The SMILES string of the molecule is Cc1ccc2c(c1)c1c(n2CC(C)(Cl)c2cccnc2)CCN(C)C1. The van der Waals surface area contributed by atoms with Gasteiger partial charge >= 0.3 is 0 Å². The van der Waals surface area contributed by atoms with Crippen molar-refractivity contribution in [2.75, 3.05) is 13.6 Å². The predicted octanol–water partition coefficient (Wildman–Crippen LogP) is 4.49. The molecule has 3 heterocycles. The van der Waals surface area contributed by atoms with E-state index in [0.717, 1.165) is 31.6 Å². The smallest absolute Gasteiger partial charge is 0.0860 e. The van der Waals surface area contributed by atoms with Crippen LogP contribution in [-0.2, 0) is 24.4 Å². The Morgan fingerprint density at radius 2 is 2.12 bits per heavy atom. The molecule has 4 heteroatoms. The number of rotatable bonds is 3. The van der Waals surface area contributed by atoms with Gasteiger partial charge in [-0.15, -0.1) is 11.6 Å². The van der Waals surface area contributed by atoms with E-state index >= 15 is 0 Å². The second-order valence-electron chi connectivity index (χ2n) is 7.46. The van der Waals surface area contributed by atoms with Crippen LogP contribution in [0.5, 0.6) is 0 Å². The molecule has 3 aromatic rings. The van der Waals surface area contributed by atoms with Crippen LogP contribution in [-0.4, -0.2) is 28.0 Å². The largest absolute Gasteiger partial charge is 0.342 e. The molecule has 25 heavy (non-hydrogen) atoms. The number of pyridine rings is 1. The molecule has 1 aromatic carbocycles. The van der Waals surface area contributed by atoms with Crippen molar-refractivity contribution >= 4 is 22.5 Å². The lowest BCUT2D eigenvalue weighted by molar-refractivity contribution is 0.308. The highest BCUT2D eigenvalue weighted by atomic mass is 35.5. The van der Waals surface area contributed by atoms with Crippen molar-refractivity contribution in [3.63, 3.8) is 0 Å². The molecule has 0 N–H and O–H groups in total.